The number of hydrogen-bond donors (Lipinski definition) is 0. The molecule has 0 radical (unpaired) electrons. The minimum absolute atomic E-state index is 0.326. The Kier molecular flexibility index (Phi) is 7.65. The fourth-order valence-corrected chi connectivity index (χ4v) is 7.30. The number of carbonyl (C=O) groups is 2. The zero-order valence-corrected chi connectivity index (χ0v) is 28.6. The third-order valence-corrected chi connectivity index (χ3v) is 9.77. The summed E-state index contributed by atoms with van der Waals surface area (Å²) >= 11 is 0. The van der Waals surface area contributed by atoms with Crippen molar-refractivity contribution in [1.82, 2.24) is 4.57 Å². The normalized spacial score (nSPS) is 13.2. The maximum atomic E-state index is 14.8. The highest BCUT2D eigenvalue weighted by molar-refractivity contribution is 6.36. The number of benzene rings is 6. The van der Waals surface area contributed by atoms with E-state index in [4.69, 9.17) is 0 Å². The number of allylic oxidation sites excluding steroid dienone is 4. The third-order valence-electron chi connectivity index (χ3n) is 9.77. The molecule has 0 saturated carbocycles. The first-order valence-corrected chi connectivity index (χ1v) is 16.9. The molecule has 0 aliphatic carbocycles. The Morgan fingerprint density at radius 1 is 0.520 bits per heavy atom. The van der Waals surface area contributed by atoms with E-state index in [-0.39, 0.29) is 11.8 Å². The van der Waals surface area contributed by atoms with Crippen LogP contribution >= 0.6 is 0 Å². The van der Waals surface area contributed by atoms with E-state index in [9.17, 15) is 9.59 Å². The average Bonchev–Trinajstić information content (AvgIpc) is 3.61. The van der Waals surface area contributed by atoms with Crippen molar-refractivity contribution >= 4 is 44.9 Å². The Bertz CT molecular complexity index is 2550. The molecular formula is C46H36N2O2. The van der Waals surface area contributed by atoms with Crippen molar-refractivity contribution in [2.24, 2.45) is 0 Å². The van der Waals surface area contributed by atoms with Crippen molar-refractivity contribution < 1.29 is 9.59 Å². The van der Waals surface area contributed by atoms with Gasteiger partial charge in [0, 0.05) is 16.3 Å². The molecule has 6 aromatic carbocycles. The monoisotopic (exact) mass is 648 g/mol. The maximum Gasteiger partial charge on any atom is 0.268 e. The van der Waals surface area contributed by atoms with Crippen LogP contribution in [-0.4, -0.2) is 16.4 Å². The lowest BCUT2D eigenvalue weighted by Crippen LogP contribution is -2.30. The summed E-state index contributed by atoms with van der Waals surface area (Å²) in [6.45, 7) is 8.54. The van der Waals surface area contributed by atoms with Gasteiger partial charge in [-0.3, -0.25) is 9.59 Å². The highest BCUT2D eigenvalue weighted by atomic mass is 16.2. The van der Waals surface area contributed by atoms with Gasteiger partial charge >= 0.3 is 0 Å². The van der Waals surface area contributed by atoms with Crippen LogP contribution in [0.1, 0.15) is 54.0 Å². The number of hydrogen-bond acceptors (Lipinski definition) is 2. The number of amides is 2. The number of para-hydroxylation sites is 1. The van der Waals surface area contributed by atoms with Crippen molar-refractivity contribution in [2.45, 2.75) is 27.7 Å². The second-order valence-electron chi connectivity index (χ2n) is 13.2. The van der Waals surface area contributed by atoms with Gasteiger partial charge in [0.2, 0.25) is 0 Å². The predicted molar refractivity (Wildman–Crippen MR) is 207 cm³/mol. The summed E-state index contributed by atoms with van der Waals surface area (Å²) in [5.74, 6) is -0.658. The number of carbonyl (C=O) groups excluding carboxylic acids is 2. The Morgan fingerprint density at radius 3 is 1.94 bits per heavy atom. The van der Waals surface area contributed by atoms with E-state index in [1.165, 1.54) is 21.6 Å². The van der Waals surface area contributed by atoms with Crippen molar-refractivity contribution in [3.8, 4) is 27.9 Å². The molecule has 4 heteroatoms. The summed E-state index contributed by atoms with van der Waals surface area (Å²) in [5, 5.41) is 2.18. The summed E-state index contributed by atoms with van der Waals surface area (Å²) in [5.41, 5.74) is 12.6. The van der Waals surface area contributed by atoms with Crippen LogP contribution < -0.4 is 4.90 Å². The number of rotatable bonds is 6. The Labute approximate surface area is 292 Å². The van der Waals surface area contributed by atoms with Gasteiger partial charge in [-0.1, -0.05) is 115 Å². The SMILES string of the molecule is CC(C)=C/C(C)=C(\C)c1ccc2c(c1)c1ccccc1n2-c1cccc2c1C(=O)N(c1cc(-c3ccccc3)ccc1-c1ccccc1)C2=O. The molecule has 1 aromatic heterocycles. The van der Waals surface area contributed by atoms with E-state index in [0.29, 0.717) is 22.5 Å². The number of imide groups is 1. The zero-order valence-electron chi connectivity index (χ0n) is 28.6. The first-order valence-electron chi connectivity index (χ1n) is 16.9. The Morgan fingerprint density at radius 2 is 1.20 bits per heavy atom. The molecule has 0 atom stereocenters. The second kappa shape index (κ2) is 12.3. The van der Waals surface area contributed by atoms with E-state index < -0.39 is 0 Å². The molecule has 8 rings (SSSR count). The summed E-state index contributed by atoms with van der Waals surface area (Å²) in [6.07, 6.45) is 2.21. The molecule has 2 heterocycles. The summed E-state index contributed by atoms with van der Waals surface area (Å²) in [6, 6.07) is 46.4. The lowest BCUT2D eigenvalue weighted by Gasteiger charge is -2.20. The van der Waals surface area contributed by atoms with E-state index in [2.05, 4.69) is 74.7 Å². The molecule has 7 aromatic rings. The van der Waals surface area contributed by atoms with Gasteiger partial charge in [0.05, 0.1) is 33.5 Å². The number of nitrogens with zero attached hydrogens (tertiary/aromatic N) is 2. The van der Waals surface area contributed by atoms with Crippen LogP contribution in [0.15, 0.2) is 157 Å². The van der Waals surface area contributed by atoms with Gasteiger partial charge < -0.3 is 4.57 Å². The molecule has 1 aliphatic heterocycles. The standard InChI is InChI=1S/C46H36N2O2/c1-29(2)26-30(3)31(4)34-23-25-41-39(27-34)37-18-11-12-20-40(37)47(41)42-21-13-19-38-44(42)46(50)48(45(38)49)43-28-35(32-14-7-5-8-15-32)22-24-36(43)33-16-9-6-10-17-33/h5-28H,1-4H3/b31-30+. The molecular weight excluding hydrogens is 613 g/mol. The van der Waals surface area contributed by atoms with Gasteiger partial charge in [0.25, 0.3) is 11.8 Å². The smallest absolute Gasteiger partial charge is 0.268 e. The Balaban J connectivity index is 1.32. The van der Waals surface area contributed by atoms with Gasteiger partial charge in [-0.15, -0.1) is 0 Å². The van der Waals surface area contributed by atoms with Crippen molar-refractivity contribution in [3.63, 3.8) is 0 Å². The minimum Gasteiger partial charge on any atom is -0.308 e. The van der Waals surface area contributed by atoms with Crippen LogP contribution in [0.4, 0.5) is 5.69 Å². The van der Waals surface area contributed by atoms with Gasteiger partial charge in [0.15, 0.2) is 0 Å². The summed E-state index contributed by atoms with van der Waals surface area (Å²) < 4.78 is 2.14. The molecule has 0 spiro atoms. The quantitative estimate of drug-likeness (QED) is 0.133. The first-order chi connectivity index (χ1) is 24.3. The largest absolute Gasteiger partial charge is 0.308 e. The molecule has 0 bridgehead atoms. The van der Waals surface area contributed by atoms with Gasteiger partial charge in [-0.25, -0.2) is 4.90 Å². The number of aromatic nitrogens is 1. The lowest BCUT2D eigenvalue weighted by molar-refractivity contribution is 0.0926. The van der Waals surface area contributed by atoms with Crippen LogP contribution in [0.2, 0.25) is 0 Å². The van der Waals surface area contributed by atoms with Gasteiger partial charge in [0.1, 0.15) is 0 Å². The zero-order chi connectivity index (χ0) is 34.5. The van der Waals surface area contributed by atoms with E-state index >= 15 is 0 Å². The molecule has 0 saturated heterocycles. The van der Waals surface area contributed by atoms with Gasteiger partial charge in [-0.05, 0) is 97.5 Å². The van der Waals surface area contributed by atoms with Crippen LogP contribution in [0.25, 0.3) is 55.3 Å². The van der Waals surface area contributed by atoms with Crippen LogP contribution in [0.5, 0.6) is 0 Å². The Hall–Kier alpha value is -6.26. The molecule has 0 N–H and O–H groups in total. The summed E-state index contributed by atoms with van der Waals surface area (Å²) in [4.78, 5) is 30.6. The summed E-state index contributed by atoms with van der Waals surface area (Å²) in [7, 11) is 0. The second-order valence-corrected chi connectivity index (χ2v) is 13.2. The molecule has 4 nitrogen and oxygen atoms in total. The highest BCUT2D eigenvalue weighted by Crippen LogP contribution is 2.42. The average molecular weight is 649 g/mol. The van der Waals surface area contributed by atoms with E-state index in [1.807, 2.05) is 97.1 Å². The lowest BCUT2D eigenvalue weighted by atomic mass is 9.97. The fraction of sp³-hybridized carbons (Fsp3) is 0.0870. The maximum absolute atomic E-state index is 14.8. The topological polar surface area (TPSA) is 42.3 Å². The molecule has 2 amide bonds. The van der Waals surface area contributed by atoms with Crippen LogP contribution in [0.3, 0.4) is 0 Å². The molecule has 0 unspecified atom stereocenters. The number of fused-ring (bicyclic) bond motifs is 4. The van der Waals surface area contributed by atoms with E-state index in [0.717, 1.165) is 49.6 Å². The van der Waals surface area contributed by atoms with Crippen molar-refractivity contribution in [1.29, 1.82) is 0 Å². The van der Waals surface area contributed by atoms with E-state index in [1.54, 1.807) is 6.07 Å². The fourth-order valence-electron chi connectivity index (χ4n) is 7.30. The molecule has 50 heavy (non-hydrogen) atoms. The minimum atomic E-state index is -0.332. The van der Waals surface area contributed by atoms with Crippen molar-refractivity contribution in [2.75, 3.05) is 4.90 Å². The van der Waals surface area contributed by atoms with Gasteiger partial charge in [-0.2, -0.15) is 0 Å². The molecule has 242 valence electrons. The highest BCUT2D eigenvalue weighted by Gasteiger charge is 2.40. The third kappa shape index (κ3) is 5.08. The molecule has 1 aliphatic rings. The molecule has 0 fully saturated rings. The number of anilines is 1. The van der Waals surface area contributed by atoms with Crippen molar-refractivity contribution in [3.05, 3.63) is 173 Å². The first kappa shape index (κ1) is 31.0. The van der Waals surface area contributed by atoms with Crippen LogP contribution in [-0.2, 0) is 0 Å². The predicted octanol–water partition coefficient (Wildman–Crippen LogP) is 11.7. The van der Waals surface area contributed by atoms with Crippen LogP contribution in [0, 0.1) is 0 Å².